The molecule has 0 fully saturated rings. The summed E-state index contributed by atoms with van der Waals surface area (Å²) in [5.41, 5.74) is 8.95. The lowest BCUT2D eigenvalue weighted by atomic mass is 9.90. The number of halogens is 3. The number of allylic oxidation sites excluding steroid dienone is 5. The van der Waals surface area contributed by atoms with E-state index in [4.69, 9.17) is 0 Å². The van der Waals surface area contributed by atoms with Gasteiger partial charge in [-0.05, 0) is 85.1 Å². The molecule has 0 atom stereocenters. The van der Waals surface area contributed by atoms with Crippen LogP contribution in [-0.4, -0.2) is 7.05 Å². The number of hydrogen-bond acceptors (Lipinski definition) is 1. The topological polar surface area (TPSA) is 12.0 Å². The molecule has 36 heavy (non-hydrogen) atoms. The summed E-state index contributed by atoms with van der Waals surface area (Å²) in [4.78, 5) is 0. The highest BCUT2D eigenvalue weighted by Gasteiger charge is 2.32. The predicted molar refractivity (Wildman–Crippen MR) is 150 cm³/mol. The number of rotatable bonds is 9. The lowest BCUT2D eigenvalue weighted by molar-refractivity contribution is -0.138. The van der Waals surface area contributed by atoms with Gasteiger partial charge in [0.2, 0.25) is 0 Å². The fourth-order valence-corrected chi connectivity index (χ4v) is 4.00. The highest BCUT2D eigenvalue weighted by atomic mass is 19.4. The molecular formula is C32H42F3N. The van der Waals surface area contributed by atoms with Gasteiger partial charge < -0.3 is 5.32 Å². The van der Waals surface area contributed by atoms with E-state index < -0.39 is 11.7 Å². The van der Waals surface area contributed by atoms with Crippen molar-refractivity contribution in [1.29, 1.82) is 0 Å². The Morgan fingerprint density at radius 2 is 1.58 bits per heavy atom. The van der Waals surface area contributed by atoms with Gasteiger partial charge in [0.15, 0.2) is 0 Å². The van der Waals surface area contributed by atoms with Crippen LogP contribution in [0.2, 0.25) is 0 Å². The zero-order valence-corrected chi connectivity index (χ0v) is 23.0. The van der Waals surface area contributed by atoms with Crippen LogP contribution in [0.15, 0.2) is 78.6 Å². The zero-order valence-electron chi connectivity index (χ0n) is 23.0. The maximum atomic E-state index is 12.7. The summed E-state index contributed by atoms with van der Waals surface area (Å²) in [6.45, 7) is 20.2. The largest absolute Gasteiger partial charge is 0.416 e. The molecule has 2 aromatic rings. The third-order valence-corrected chi connectivity index (χ3v) is 5.87. The molecule has 0 radical (unpaired) electrons. The van der Waals surface area contributed by atoms with Crippen molar-refractivity contribution in [3.63, 3.8) is 0 Å². The summed E-state index contributed by atoms with van der Waals surface area (Å²) < 4.78 is 38.0. The van der Waals surface area contributed by atoms with Crippen molar-refractivity contribution in [3.05, 3.63) is 112 Å². The fourth-order valence-electron chi connectivity index (χ4n) is 4.00. The molecule has 4 heteroatoms. The van der Waals surface area contributed by atoms with Crippen LogP contribution < -0.4 is 5.32 Å². The van der Waals surface area contributed by atoms with E-state index in [0.717, 1.165) is 35.1 Å². The van der Waals surface area contributed by atoms with Crippen LogP contribution in [0.4, 0.5) is 13.2 Å². The van der Waals surface area contributed by atoms with E-state index in [0.29, 0.717) is 18.4 Å². The summed E-state index contributed by atoms with van der Waals surface area (Å²) in [7, 11) is 1.91. The van der Waals surface area contributed by atoms with Crippen molar-refractivity contribution in [2.24, 2.45) is 0 Å². The maximum Gasteiger partial charge on any atom is 0.416 e. The molecule has 1 N–H and O–H groups in total. The van der Waals surface area contributed by atoms with Gasteiger partial charge in [0.1, 0.15) is 0 Å². The van der Waals surface area contributed by atoms with Crippen LogP contribution in [0.3, 0.4) is 0 Å². The van der Waals surface area contributed by atoms with Crippen LogP contribution >= 0.6 is 0 Å². The van der Waals surface area contributed by atoms with Crippen molar-refractivity contribution >= 4 is 5.57 Å². The van der Waals surface area contributed by atoms with Gasteiger partial charge in [-0.25, -0.2) is 0 Å². The molecule has 0 saturated heterocycles. The van der Waals surface area contributed by atoms with Gasteiger partial charge >= 0.3 is 6.18 Å². The van der Waals surface area contributed by atoms with E-state index in [9.17, 15) is 13.2 Å². The van der Waals surface area contributed by atoms with Crippen molar-refractivity contribution in [1.82, 2.24) is 5.32 Å². The number of aryl methyl sites for hydroxylation is 4. The smallest absolute Gasteiger partial charge is 0.393 e. The molecule has 196 valence electrons. The first kappa shape index (κ1) is 31.0. The van der Waals surface area contributed by atoms with E-state index in [1.54, 1.807) is 19.1 Å². The molecule has 0 spiro atoms. The molecule has 0 saturated carbocycles. The average molecular weight is 498 g/mol. The minimum Gasteiger partial charge on any atom is -0.393 e. The first-order valence-corrected chi connectivity index (χ1v) is 12.6. The highest BCUT2D eigenvalue weighted by Crippen LogP contribution is 2.33. The summed E-state index contributed by atoms with van der Waals surface area (Å²) in [5.74, 6) is 0. The van der Waals surface area contributed by atoms with Gasteiger partial charge in [0.05, 0.1) is 5.56 Å². The van der Waals surface area contributed by atoms with Gasteiger partial charge in [0.25, 0.3) is 0 Å². The zero-order chi connectivity index (χ0) is 27.5. The number of hydrogen-bond donors (Lipinski definition) is 1. The van der Waals surface area contributed by atoms with Gasteiger partial charge in [0, 0.05) is 18.8 Å². The van der Waals surface area contributed by atoms with E-state index >= 15 is 0 Å². The Hall–Kier alpha value is -3.01. The quantitative estimate of drug-likeness (QED) is 0.340. The van der Waals surface area contributed by atoms with Gasteiger partial charge in [-0.3, -0.25) is 0 Å². The predicted octanol–water partition coefficient (Wildman–Crippen LogP) is 9.42. The van der Waals surface area contributed by atoms with Crippen LogP contribution in [-0.2, 0) is 25.4 Å². The normalized spacial score (nSPS) is 12.1. The van der Waals surface area contributed by atoms with Crippen LogP contribution in [0, 0.1) is 6.92 Å². The Bertz CT molecular complexity index is 1100. The van der Waals surface area contributed by atoms with Gasteiger partial charge in [-0.2, -0.15) is 13.2 Å². The molecule has 0 aliphatic carbocycles. The summed E-state index contributed by atoms with van der Waals surface area (Å²) in [5, 5.41) is 3.12. The molecule has 0 bridgehead atoms. The Labute approximate surface area is 216 Å². The van der Waals surface area contributed by atoms with Crippen molar-refractivity contribution in [2.75, 3.05) is 7.05 Å². The first-order chi connectivity index (χ1) is 16.9. The summed E-state index contributed by atoms with van der Waals surface area (Å²) >= 11 is 0. The van der Waals surface area contributed by atoms with Crippen LogP contribution in [0.25, 0.3) is 5.57 Å². The standard InChI is InChI=1S/C20H27N.C12H15F3/c1-8-17-12-18(10-9-16(17)6)19(11-14(2)3)20(13-21-7)15(4)5;1-3-5-9-6-7-10(4-2)11(8-9)12(13,14)15/h9-13,21H,2,4,8H2,1,3,5-7H3;6-8H,3-5H2,1-2H3/b19-11-,20-13+;. The molecule has 0 aliphatic heterocycles. The van der Waals surface area contributed by atoms with Crippen molar-refractivity contribution < 1.29 is 13.2 Å². The third kappa shape index (κ3) is 9.22. The molecule has 2 aromatic carbocycles. The summed E-state index contributed by atoms with van der Waals surface area (Å²) in [6, 6.07) is 11.3. The van der Waals surface area contributed by atoms with Crippen molar-refractivity contribution in [3.8, 4) is 0 Å². The lowest BCUT2D eigenvalue weighted by Gasteiger charge is -2.15. The molecule has 0 amide bonds. The molecule has 0 aromatic heterocycles. The molecule has 0 heterocycles. The van der Waals surface area contributed by atoms with E-state index in [-0.39, 0.29) is 0 Å². The summed E-state index contributed by atoms with van der Waals surface area (Å²) in [6.07, 6.45) is 2.93. The second-order valence-corrected chi connectivity index (χ2v) is 9.12. The number of nitrogens with one attached hydrogen (secondary N) is 1. The van der Waals surface area contributed by atoms with E-state index in [2.05, 4.69) is 56.6 Å². The Morgan fingerprint density at radius 3 is 2.06 bits per heavy atom. The molecule has 0 aliphatic rings. The monoisotopic (exact) mass is 497 g/mol. The van der Waals surface area contributed by atoms with Crippen LogP contribution in [0.1, 0.15) is 74.4 Å². The van der Waals surface area contributed by atoms with E-state index in [1.807, 2.05) is 34.0 Å². The minimum atomic E-state index is -4.23. The minimum absolute atomic E-state index is 0.377. The second kappa shape index (κ2) is 14.5. The third-order valence-electron chi connectivity index (χ3n) is 5.87. The fraction of sp³-hybridized carbons (Fsp3) is 0.375. The SMILES string of the molecule is C=C(C)/C=C(\C(=C\NC)C(=C)C)c1ccc(C)c(CC)c1.CCCc1ccc(CC)c(C(F)(F)F)c1. The second-order valence-electron chi connectivity index (χ2n) is 9.12. The van der Waals surface area contributed by atoms with Gasteiger partial charge in [-0.1, -0.05) is 82.3 Å². The molecule has 2 rings (SSSR count). The van der Waals surface area contributed by atoms with Gasteiger partial charge in [-0.15, -0.1) is 0 Å². The average Bonchev–Trinajstić information content (AvgIpc) is 2.81. The number of benzene rings is 2. The van der Waals surface area contributed by atoms with Crippen LogP contribution in [0.5, 0.6) is 0 Å². The molecule has 0 unspecified atom stereocenters. The van der Waals surface area contributed by atoms with Crippen molar-refractivity contribution in [2.45, 2.75) is 73.4 Å². The lowest BCUT2D eigenvalue weighted by Crippen LogP contribution is -2.09. The Kier molecular flexibility index (Phi) is 12.5. The first-order valence-electron chi connectivity index (χ1n) is 12.6. The highest BCUT2D eigenvalue weighted by molar-refractivity contribution is 5.84. The Morgan fingerprint density at radius 1 is 0.944 bits per heavy atom. The Balaban J connectivity index is 0.000000381. The number of alkyl halides is 3. The molecular weight excluding hydrogens is 455 g/mol. The molecule has 1 nitrogen and oxygen atoms in total. The maximum absolute atomic E-state index is 12.7. The van der Waals surface area contributed by atoms with E-state index in [1.165, 1.54) is 28.3 Å².